The number of carbonyl (C=O) groups is 2. The van der Waals surface area contributed by atoms with Crippen LogP contribution in [0.4, 0.5) is 5.13 Å². The van der Waals surface area contributed by atoms with Crippen molar-refractivity contribution in [3.8, 4) is 5.75 Å². The summed E-state index contributed by atoms with van der Waals surface area (Å²) in [6, 6.07) is 6.15. The van der Waals surface area contributed by atoms with Gasteiger partial charge in [-0.1, -0.05) is 23.5 Å². The van der Waals surface area contributed by atoms with E-state index in [0.29, 0.717) is 32.0 Å². The molecule has 4 rings (SSSR count). The van der Waals surface area contributed by atoms with Gasteiger partial charge in [0.15, 0.2) is 5.76 Å². The van der Waals surface area contributed by atoms with Gasteiger partial charge in [0.2, 0.25) is 10.9 Å². The molecule has 8 nitrogen and oxygen atoms in total. The van der Waals surface area contributed by atoms with Crippen LogP contribution in [-0.2, 0) is 4.79 Å². The number of hydrogen-bond donors (Lipinski definition) is 1. The van der Waals surface area contributed by atoms with Crippen LogP contribution in [-0.4, -0.2) is 39.1 Å². The zero-order chi connectivity index (χ0) is 21.6. The summed E-state index contributed by atoms with van der Waals surface area (Å²) in [4.78, 5) is 32.5. The van der Waals surface area contributed by atoms with E-state index in [-0.39, 0.29) is 5.57 Å². The standard InChI is InChI=1S/C20H18N4O4S2/c1-9-18(29-10(2)21-9)16(25)14-15(12-5-7-13(28-4)8-6-12)24(19(27)17(14)26)20-23-22-11(3)30-20/h5-8,15,26H,1-4H3. The lowest BCUT2D eigenvalue weighted by Crippen LogP contribution is -2.31. The first-order valence-electron chi connectivity index (χ1n) is 9.01. The number of ether oxygens (including phenoxy) is 1. The zero-order valence-electron chi connectivity index (χ0n) is 16.7. The molecular formula is C20H18N4O4S2. The van der Waals surface area contributed by atoms with Crippen LogP contribution in [0.3, 0.4) is 0 Å². The second kappa shape index (κ2) is 7.62. The second-order valence-corrected chi connectivity index (χ2v) is 9.06. The van der Waals surface area contributed by atoms with Crippen molar-refractivity contribution in [1.82, 2.24) is 15.2 Å². The van der Waals surface area contributed by atoms with Crippen LogP contribution >= 0.6 is 22.7 Å². The van der Waals surface area contributed by atoms with E-state index in [1.54, 1.807) is 52.1 Å². The Labute approximate surface area is 180 Å². The molecule has 10 heteroatoms. The van der Waals surface area contributed by atoms with Crippen molar-refractivity contribution in [3.63, 3.8) is 0 Å². The average molecular weight is 443 g/mol. The summed E-state index contributed by atoms with van der Waals surface area (Å²) < 4.78 is 5.22. The fourth-order valence-corrected chi connectivity index (χ4v) is 4.97. The molecule has 0 saturated carbocycles. The molecule has 0 radical (unpaired) electrons. The van der Waals surface area contributed by atoms with Gasteiger partial charge in [-0.25, -0.2) is 4.98 Å². The van der Waals surface area contributed by atoms with Crippen LogP contribution in [0.5, 0.6) is 5.75 Å². The van der Waals surface area contributed by atoms with Gasteiger partial charge in [0.25, 0.3) is 5.91 Å². The van der Waals surface area contributed by atoms with E-state index in [1.807, 2.05) is 0 Å². The Bertz CT molecular complexity index is 1180. The topological polar surface area (TPSA) is 106 Å². The normalized spacial score (nSPS) is 16.5. The van der Waals surface area contributed by atoms with Gasteiger partial charge in [0, 0.05) is 0 Å². The fourth-order valence-electron chi connectivity index (χ4n) is 3.38. The molecule has 1 atom stereocenters. The minimum atomic E-state index is -0.843. The van der Waals surface area contributed by atoms with Gasteiger partial charge in [-0.15, -0.1) is 21.5 Å². The maximum Gasteiger partial charge on any atom is 0.296 e. The third-order valence-electron chi connectivity index (χ3n) is 4.72. The molecule has 1 aliphatic heterocycles. The van der Waals surface area contributed by atoms with Crippen molar-refractivity contribution < 1.29 is 19.4 Å². The van der Waals surface area contributed by atoms with Gasteiger partial charge >= 0.3 is 0 Å². The number of Topliss-reactive ketones (excluding diaryl/α,β-unsaturated/α-hetero) is 1. The zero-order valence-corrected chi connectivity index (χ0v) is 18.3. The quantitative estimate of drug-likeness (QED) is 0.601. The van der Waals surface area contributed by atoms with Crippen molar-refractivity contribution in [1.29, 1.82) is 0 Å². The van der Waals surface area contributed by atoms with Gasteiger partial charge in [-0.05, 0) is 38.5 Å². The summed E-state index contributed by atoms with van der Waals surface area (Å²) in [7, 11) is 1.56. The number of anilines is 1. The number of hydrogen-bond acceptors (Lipinski definition) is 9. The molecule has 3 aromatic rings. The third-order valence-corrected chi connectivity index (χ3v) is 6.63. The SMILES string of the molecule is COc1ccc(C2C(C(=O)c3sc(C)nc3C)=C(O)C(=O)N2c2nnc(C)s2)cc1. The number of rotatable bonds is 5. The third kappa shape index (κ3) is 3.27. The molecule has 3 heterocycles. The molecule has 154 valence electrons. The Morgan fingerprint density at radius 3 is 2.33 bits per heavy atom. The van der Waals surface area contributed by atoms with Gasteiger partial charge in [0.1, 0.15) is 10.8 Å². The number of aryl methyl sites for hydroxylation is 3. The number of aliphatic hydroxyl groups is 1. The number of amides is 1. The Balaban J connectivity index is 1.87. The minimum Gasteiger partial charge on any atom is -0.503 e. The summed E-state index contributed by atoms with van der Waals surface area (Å²) in [5.74, 6) is -1.06. The monoisotopic (exact) mass is 442 g/mol. The highest BCUT2D eigenvalue weighted by Crippen LogP contribution is 2.43. The summed E-state index contributed by atoms with van der Waals surface area (Å²) >= 11 is 2.45. The predicted molar refractivity (Wildman–Crippen MR) is 113 cm³/mol. The summed E-state index contributed by atoms with van der Waals surface area (Å²) in [5.41, 5.74) is 1.21. The molecule has 30 heavy (non-hydrogen) atoms. The Hall–Kier alpha value is -3.11. The molecular weight excluding hydrogens is 424 g/mol. The van der Waals surface area contributed by atoms with Crippen LogP contribution in [0, 0.1) is 20.8 Å². The first kappa shape index (κ1) is 20.2. The highest BCUT2D eigenvalue weighted by atomic mass is 32.1. The van der Waals surface area contributed by atoms with E-state index in [4.69, 9.17) is 4.74 Å². The van der Waals surface area contributed by atoms with Gasteiger partial charge in [0.05, 0.1) is 34.3 Å². The molecule has 1 aliphatic rings. The highest BCUT2D eigenvalue weighted by Gasteiger charge is 2.46. The Morgan fingerprint density at radius 2 is 1.80 bits per heavy atom. The van der Waals surface area contributed by atoms with Gasteiger partial charge in [-0.3, -0.25) is 14.5 Å². The molecule has 0 saturated heterocycles. The van der Waals surface area contributed by atoms with Gasteiger partial charge < -0.3 is 9.84 Å². The van der Waals surface area contributed by atoms with E-state index in [0.717, 1.165) is 5.01 Å². The number of aromatic nitrogens is 3. The van der Waals surface area contributed by atoms with Crippen molar-refractivity contribution in [2.24, 2.45) is 0 Å². The molecule has 0 spiro atoms. The number of thiazole rings is 1. The Morgan fingerprint density at radius 1 is 1.10 bits per heavy atom. The molecule has 0 bridgehead atoms. The molecule has 0 fully saturated rings. The number of ketones is 1. The number of carbonyl (C=O) groups excluding carboxylic acids is 2. The first-order chi connectivity index (χ1) is 14.3. The maximum atomic E-state index is 13.4. The van der Waals surface area contributed by atoms with Crippen LogP contribution in [0.15, 0.2) is 35.6 Å². The number of nitrogens with zero attached hydrogens (tertiary/aromatic N) is 4. The molecule has 0 aliphatic carbocycles. The first-order valence-corrected chi connectivity index (χ1v) is 10.6. The number of benzene rings is 1. The van der Waals surface area contributed by atoms with E-state index in [2.05, 4.69) is 15.2 Å². The van der Waals surface area contributed by atoms with Crippen molar-refractivity contribution in [3.05, 3.63) is 61.7 Å². The van der Waals surface area contributed by atoms with E-state index in [9.17, 15) is 14.7 Å². The molecule has 2 aromatic heterocycles. The highest BCUT2D eigenvalue weighted by molar-refractivity contribution is 7.15. The smallest absolute Gasteiger partial charge is 0.296 e. The summed E-state index contributed by atoms with van der Waals surface area (Å²) in [6.45, 7) is 5.31. The molecule has 1 N–H and O–H groups in total. The lowest BCUT2D eigenvalue weighted by Gasteiger charge is -2.24. The van der Waals surface area contributed by atoms with Crippen LogP contribution in [0.1, 0.15) is 37.0 Å². The maximum absolute atomic E-state index is 13.4. The number of methoxy groups -OCH3 is 1. The fraction of sp³-hybridized carbons (Fsp3) is 0.250. The van der Waals surface area contributed by atoms with Crippen LogP contribution in [0.2, 0.25) is 0 Å². The predicted octanol–water partition coefficient (Wildman–Crippen LogP) is 3.71. The second-order valence-electron chi connectivity index (χ2n) is 6.69. The Kier molecular flexibility index (Phi) is 5.12. The molecule has 1 unspecified atom stereocenters. The largest absolute Gasteiger partial charge is 0.503 e. The molecule has 1 aromatic carbocycles. The van der Waals surface area contributed by atoms with Crippen molar-refractivity contribution >= 4 is 39.5 Å². The van der Waals surface area contributed by atoms with Crippen molar-refractivity contribution in [2.45, 2.75) is 26.8 Å². The summed E-state index contributed by atoms with van der Waals surface area (Å²) in [5, 5.41) is 20.5. The average Bonchev–Trinajstić information content (AvgIpc) is 3.37. The lowest BCUT2D eigenvalue weighted by atomic mass is 9.95. The summed E-state index contributed by atoms with van der Waals surface area (Å²) in [6.07, 6.45) is 0. The van der Waals surface area contributed by atoms with Gasteiger partial charge in [-0.2, -0.15) is 0 Å². The minimum absolute atomic E-state index is 0.00442. The van der Waals surface area contributed by atoms with E-state index >= 15 is 0 Å². The van der Waals surface area contributed by atoms with E-state index < -0.39 is 23.5 Å². The number of aliphatic hydroxyl groups excluding tert-OH is 1. The molecule has 1 amide bonds. The van der Waals surface area contributed by atoms with Crippen LogP contribution in [0.25, 0.3) is 0 Å². The van der Waals surface area contributed by atoms with E-state index in [1.165, 1.54) is 27.6 Å². The van der Waals surface area contributed by atoms with Crippen LogP contribution < -0.4 is 9.64 Å². The van der Waals surface area contributed by atoms with Crippen molar-refractivity contribution in [2.75, 3.05) is 12.0 Å². The lowest BCUT2D eigenvalue weighted by molar-refractivity contribution is -0.117.